The minimum atomic E-state index is 0. The summed E-state index contributed by atoms with van der Waals surface area (Å²) in [4.78, 5) is 0. The number of ether oxygens (including phenoxy) is 1. The average Bonchev–Trinajstić information content (AvgIpc) is 3.04. The topological polar surface area (TPSA) is 18.3 Å². The Morgan fingerprint density at radius 2 is 2.04 bits per heavy atom. The number of aromatic nitrogens is 2. The predicted octanol–water partition coefficient (Wildman–Crippen LogP) is 0.698. The Labute approximate surface area is 154 Å². The molecule has 2 heterocycles. The van der Waals surface area contributed by atoms with Crippen molar-refractivity contribution in [2.24, 2.45) is 7.05 Å². The lowest BCUT2D eigenvalue weighted by Gasteiger charge is -2.10. The van der Waals surface area contributed by atoms with Crippen LogP contribution in [0.15, 0.2) is 53.5 Å². The summed E-state index contributed by atoms with van der Waals surface area (Å²) in [6.45, 7) is 4.30. The molecule has 0 fully saturated rings. The van der Waals surface area contributed by atoms with Gasteiger partial charge in [-0.15, -0.1) is 0 Å². The molecule has 4 heteroatoms. The van der Waals surface area contributed by atoms with Gasteiger partial charge in [0.05, 0.1) is 13.2 Å². The second-order valence-corrected chi connectivity index (χ2v) is 6.12. The summed E-state index contributed by atoms with van der Waals surface area (Å²) >= 11 is 0. The number of hydrogen-bond donors (Lipinski definition) is 0. The van der Waals surface area contributed by atoms with Crippen LogP contribution in [-0.4, -0.2) is 4.57 Å². The molecule has 0 unspecified atom stereocenters. The van der Waals surface area contributed by atoms with Gasteiger partial charge in [-0.2, -0.15) is 4.40 Å². The second-order valence-electron chi connectivity index (χ2n) is 6.12. The molecule has 2 aliphatic rings. The zero-order valence-corrected chi connectivity index (χ0v) is 15.9. The summed E-state index contributed by atoms with van der Waals surface area (Å²) < 4.78 is 10.8. The largest absolute Gasteiger partial charge is 1.00 e. The Morgan fingerprint density at radius 1 is 1.22 bits per heavy atom. The second kappa shape index (κ2) is 6.15. The zero-order valence-electron chi connectivity index (χ0n) is 13.8. The van der Waals surface area contributed by atoms with E-state index < -0.39 is 0 Å². The van der Waals surface area contributed by atoms with Crippen molar-refractivity contribution in [3.8, 4) is 5.75 Å². The summed E-state index contributed by atoms with van der Waals surface area (Å²) in [6.07, 6.45) is 11.8. The lowest BCUT2D eigenvalue weighted by Crippen LogP contribution is -3.00. The SMILES string of the molecule is Cc1c(C)[n+]2cccc(OC3=C4CC=CC=C4CC3)c2n1C.[I-]. The van der Waals surface area contributed by atoms with Crippen LogP contribution in [0.4, 0.5) is 0 Å². The molecule has 4 rings (SSSR count). The standard InChI is InChI=1S/C19H21N2O.HI/c1-13-14(2)21-12-6-9-18(19(21)20(13)3)22-17-11-10-15-7-4-5-8-16(15)17;/h4-7,9,12H,8,10-11H2,1-3H3;1H/q+1;/p-1. The lowest BCUT2D eigenvalue weighted by molar-refractivity contribution is -0.518. The van der Waals surface area contributed by atoms with E-state index in [9.17, 15) is 0 Å². The first-order valence-electron chi connectivity index (χ1n) is 7.89. The first-order chi connectivity index (χ1) is 10.7. The van der Waals surface area contributed by atoms with Crippen molar-refractivity contribution in [1.82, 2.24) is 4.57 Å². The number of hydrogen-bond acceptors (Lipinski definition) is 1. The van der Waals surface area contributed by atoms with Gasteiger partial charge in [0, 0.05) is 20.3 Å². The molecule has 120 valence electrons. The highest BCUT2D eigenvalue weighted by Crippen LogP contribution is 2.37. The first kappa shape index (κ1) is 16.3. The van der Waals surface area contributed by atoms with Crippen molar-refractivity contribution in [3.05, 3.63) is 64.9 Å². The molecule has 0 aromatic carbocycles. The number of imidazole rings is 1. The van der Waals surface area contributed by atoms with Crippen LogP contribution < -0.4 is 33.1 Å². The van der Waals surface area contributed by atoms with Crippen LogP contribution in [0.25, 0.3) is 5.65 Å². The fourth-order valence-electron chi connectivity index (χ4n) is 3.51. The van der Waals surface area contributed by atoms with E-state index in [0.717, 1.165) is 36.4 Å². The molecule has 0 atom stereocenters. The zero-order chi connectivity index (χ0) is 15.3. The molecule has 0 bridgehead atoms. The number of pyridine rings is 1. The third-order valence-electron chi connectivity index (χ3n) is 4.97. The molecule has 0 spiro atoms. The Bertz CT molecular complexity index is 871. The molecular formula is C19H21IN2O. The highest BCUT2D eigenvalue weighted by molar-refractivity contribution is 5.53. The number of rotatable bonds is 2. The predicted molar refractivity (Wildman–Crippen MR) is 86.8 cm³/mol. The van der Waals surface area contributed by atoms with Gasteiger partial charge in [-0.3, -0.25) is 0 Å². The number of aryl methyl sites for hydroxylation is 2. The highest BCUT2D eigenvalue weighted by Gasteiger charge is 2.25. The first-order valence-corrected chi connectivity index (χ1v) is 7.89. The van der Waals surface area contributed by atoms with Crippen LogP contribution in [0.1, 0.15) is 30.7 Å². The third kappa shape index (κ3) is 2.53. The van der Waals surface area contributed by atoms with Gasteiger partial charge in [0.25, 0.3) is 0 Å². The fraction of sp³-hybridized carbons (Fsp3) is 0.316. The maximum atomic E-state index is 6.37. The maximum absolute atomic E-state index is 6.37. The van der Waals surface area contributed by atoms with E-state index in [4.69, 9.17) is 4.74 Å². The van der Waals surface area contributed by atoms with Gasteiger partial charge in [-0.1, -0.05) is 18.2 Å². The monoisotopic (exact) mass is 420 g/mol. The summed E-state index contributed by atoms with van der Waals surface area (Å²) in [6, 6.07) is 4.13. The van der Waals surface area contributed by atoms with Gasteiger partial charge < -0.3 is 28.7 Å². The van der Waals surface area contributed by atoms with E-state index in [1.54, 1.807) is 0 Å². The molecule has 2 aliphatic carbocycles. The van der Waals surface area contributed by atoms with Crippen molar-refractivity contribution in [2.75, 3.05) is 0 Å². The van der Waals surface area contributed by atoms with Gasteiger partial charge in [-0.05, 0) is 36.1 Å². The van der Waals surface area contributed by atoms with Gasteiger partial charge in [0.1, 0.15) is 17.1 Å². The van der Waals surface area contributed by atoms with Crippen LogP contribution in [0.5, 0.6) is 5.75 Å². The van der Waals surface area contributed by atoms with Crippen molar-refractivity contribution < 1.29 is 33.1 Å². The van der Waals surface area contributed by atoms with Gasteiger partial charge in [0.15, 0.2) is 0 Å². The molecule has 2 aromatic heterocycles. The number of allylic oxidation sites excluding steroid dienone is 6. The van der Waals surface area contributed by atoms with Crippen molar-refractivity contribution >= 4 is 5.65 Å². The molecule has 23 heavy (non-hydrogen) atoms. The van der Waals surface area contributed by atoms with Gasteiger partial charge in [-0.25, -0.2) is 4.57 Å². The summed E-state index contributed by atoms with van der Waals surface area (Å²) in [5, 5.41) is 0. The quantitative estimate of drug-likeness (QED) is 0.517. The molecule has 2 aromatic rings. The minimum Gasteiger partial charge on any atom is -1.00 e. The summed E-state index contributed by atoms with van der Waals surface area (Å²) in [5.41, 5.74) is 6.47. The normalized spacial score (nSPS) is 16.4. The molecular weight excluding hydrogens is 399 g/mol. The smallest absolute Gasteiger partial charge is 0.330 e. The van der Waals surface area contributed by atoms with Gasteiger partial charge >= 0.3 is 5.65 Å². The lowest BCUT2D eigenvalue weighted by atomic mass is 10.0. The average molecular weight is 420 g/mol. The minimum absolute atomic E-state index is 0. The van der Waals surface area contributed by atoms with Crippen LogP contribution in [0.3, 0.4) is 0 Å². The van der Waals surface area contributed by atoms with Crippen LogP contribution in [-0.2, 0) is 7.05 Å². The Kier molecular flexibility index (Phi) is 4.36. The van der Waals surface area contributed by atoms with E-state index in [1.165, 1.54) is 22.5 Å². The fourth-order valence-corrected chi connectivity index (χ4v) is 3.51. The van der Waals surface area contributed by atoms with Crippen LogP contribution in [0.2, 0.25) is 0 Å². The van der Waals surface area contributed by atoms with Crippen LogP contribution >= 0.6 is 0 Å². The summed E-state index contributed by atoms with van der Waals surface area (Å²) in [7, 11) is 2.10. The molecule has 0 aliphatic heterocycles. The van der Waals surface area contributed by atoms with Gasteiger partial charge in [0.2, 0.25) is 5.75 Å². The molecule has 0 N–H and O–H groups in total. The Balaban J connectivity index is 0.00000156. The number of nitrogens with zero attached hydrogens (tertiary/aromatic N) is 2. The Morgan fingerprint density at radius 3 is 2.87 bits per heavy atom. The van der Waals surface area contributed by atoms with E-state index in [-0.39, 0.29) is 24.0 Å². The number of halogens is 1. The van der Waals surface area contributed by atoms with Crippen molar-refractivity contribution in [2.45, 2.75) is 33.1 Å². The van der Waals surface area contributed by atoms with E-state index in [2.05, 4.69) is 66.4 Å². The molecule has 0 saturated heterocycles. The van der Waals surface area contributed by atoms with E-state index in [0.29, 0.717) is 0 Å². The molecule has 3 nitrogen and oxygen atoms in total. The van der Waals surface area contributed by atoms with Crippen molar-refractivity contribution in [3.63, 3.8) is 0 Å². The Hall–Kier alpha value is -1.56. The maximum Gasteiger partial charge on any atom is 0.330 e. The number of fused-ring (bicyclic) bond motifs is 2. The molecule has 0 amide bonds. The van der Waals surface area contributed by atoms with Crippen molar-refractivity contribution in [1.29, 1.82) is 0 Å². The summed E-state index contributed by atoms with van der Waals surface area (Å²) in [5.74, 6) is 2.08. The third-order valence-corrected chi connectivity index (χ3v) is 4.97. The van der Waals surface area contributed by atoms with E-state index in [1.807, 2.05) is 0 Å². The molecule has 0 saturated carbocycles. The molecule has 0 radical (unpaired) electrons. The highest BCUT2D eigenvalue weighted by atomic mass is 127. The van der Waals surface area contributed by atoms with E-state index >= 15 is 0 Å². The van der Waals surface area contributed by atoms with Crippen LogP contribution in [0, 0.1) is 13.8 Å².